The van der Waals surface area contributed by atoms with Gasteiger partial charge in [0.1, 0.15) is 0 Å². The third kappa shape index (κ3) is 2.72. The van der Waals surface area contributed by atoms with E-state index in [4.69, 9.17) is 4.99 Å². The summed E-state index contributed by atoms with van der Waals surface area (Å²) >= 11 is 0. The van der Waals surface area contributed by atoms with E-state index in [0.717, 1.165) is 44.3 Å². The molecular formula is C26H25N3. The van der Waals surface area contributed by atoms with Crippen molar-refractivity contribution in [2.75, 3.05) is 13.1 Å². The second kappa shape index (κ2) is 6.57. The molecule has 0 radical (unpaired) electrons. The Morgan fingerprint density at radius 3 is 2.62 bits per heavy atom. The first kappa shape index (κ1) is 17.0. The van der Waals surface area contributed by atoms with Gasteiger partial charge in [-0.3, -0.25) is 4.90 Å². The van der Waals surface area contributed by atoms with Crippen LogP contribution in [0.3, 0.4) is 0 Å². The van der Waals surface area contributed by atoms with Gasteiger partial charge in [0.2, 0.25) is 0 Å². The summed E-state index contributed by atoms with van der Waals surface area (Å²) in [4.78, 5) is 7.70. The number of likely N-dealkylation sites (tertiary alicyclic amines) is 1. The summed E-state index contributed by atoms with van der Waals surface area (Å²) < 4.78 is 0. The Balaban J connectivity index is 1.39. The molecule has 2 aromatic carbocycles. The molecule has 1 fully saturated rings. The number of nitrogens with one attached hydrogen (secondary N) is 1. The molecule has 6 rings (SSSR count). The Labute approximate surface area is 171 Å². The number of piperidine rings is 1. The largest absolute Gasteiger partial charge is 0.375 e. The Hall–Kier alpha value is -2.91. The molecule has 3 nitrogen and oxygen atoms in total. The van der Waals surface area contributed by atoms with Crippen molar-refractivity contribution in [2.45, 2.75) is 31.3 Å². The first-order valence-electron chi connectivity index (χ1n) is 10.7. The van der Waals surface area contributed by atoms with E-state index in [1.165, 1.54) is 33.3 Å². The average Bonchev–Trinajstić information content (AvgIpc) is 3.17. The van der Waals surface area contributed by atoms with Crippen molar-refractivity contribution >= 4 is 5.57 Å². The van der Waals surface area contributed by atoms with Gasteiger partial charge in [0.25, 0.3) is 0 Å². The minimum atomic E-state index is -0.0147. The molecule has 1 saturated heterocycles. The molecule has 1 aliphatic carbocycles. The van der Waals surface area contributed by atoms with E-state index >= 15 is 0 Å². The number of hydrogen-bond donors (Lipinski definition) is 1. The van der Waals surface area contributed by atoms with Crippen molar-refractivity contribution in [1.82, 2.24) is 10.2 Å². The Morgan fingerprint density at radius 2 is 1.76 bits per heavy atom. The highest BCUT2D eigenvalue weighted by Gasteiger charge is 2.45. The van der Waals surface area contributed by atoms with Crippen LogP contribution in [0, 0.1) is 0 Å². The summed E-state index contributed by atoms with van der Waals surface area (Å²) in [5.74, 6) is 0. The van der Waals surface area contributed by atoms with E-state index in [-0.39, 0.29) is 5.54 Å². The molecule has 1 N–H and O–H groups in total. The molecule has 0 amide bonds. The third-order valence-corrected chi connectivity index (χ3v) is 6.79. The van der Waals surface area contributed by atoms with Gasteiger partial charge in [0.05, 0.1) is 16.6 Å². The van der Waals surface area contributed by atoms with Gasteiger partial charge in [-0.1, -0.05) is 60.7 Å². The molecule has 3 heteroatoms. The Morgan fingerprint density at radius 1 is 0.966 bits per heavy atom. The van der Waals surface area contributed by atoms with Gasteiger partial charge < -0.3 is 5.32 Å². The van der Waals surface area contributed by atoms with E-state index in [9.17, 15) is 0 Å². The minimum Gasteiger partial charge on any atom is -0.375 e. The summed E-state index contributed by atoms with van der Waals surface area (Å²) in [7, 11) is 0. The van der Waals surface area contributed by atoms with Crippen LogP contribution in [0.2, 0.25) is 0 Å². The van der Waals surface area contributed by atoms with E-state index < -0.39 is 0 Å². The van der Waals surface area contributed by atoms with Crippen LogP contribution in [0.4, 0.5) is 0 Å². The second-order valence-corrected chi connectivity index (χ2v) is 8.51. The molecular weight excluding hydrogens is 354 g/mol. The zero-order valence-electron chi connectivity index (χ0n) is 16.6. The van der Waals surface area contributed by atoms with Gasteiger partial charge in [-0.15, -0.1) is 0 Å². The van der Waals surface area contributed by atoms with Crippen molar-refractivity contribution < 1.29 is 0 Å². The summed E-state index contributed by atoms with van der Waals surface area (Å²) in [6, 6.07) is 19.5. The first-order valence-corrected chi connectivity index (χ1v) is 10.7. The number of para-hydroxylation sites is 1. The maximum atomic E-state index is 5.11. The Bertz CT molecular complexity index is 1180. The maximum absolute atomic E-state index is 5.11. The number of hydrogen-bond acceptors (Lipinski definition) is 3. The van der Waals surface area contributed by atoms with E-state index in [2.05, 4.69) is 83.0 Å². The van der Waals surface area contributed by atoms with Crippen LogP contribution in [-0.2, 0) is 6.54 Å². The number of fused-ring (bicyclic) bond motifs is 4. The highest BCUT2D eigenvalue weighted by Crippen LogP contribution is 2.44. The van der Waals surface area contributed by atoms with Crippen molar-refractivity contribution in [3.05, 3.63) is 106 Å². The third-order valence-electron chi connectivity index (χ3n) is 6.79. The highest BCUT2D eigenvalue weighted by molar-refractivity contribution is 5.79. The van der Waals surface area contributed by atoms with Crippen molar-refractivity contribution in [2.24, 2.45) is 4.99 Å². The highest BCUT2D eigenvalue weighted by atomic mass is 15.2. The van der Waals surface area contributed by atoms with Crippen LogP contribution >= 0.6 is 0 Å². The van der Waals surface area contributed by atoms with Gasteiger partial charge in [-0.2, -0.15) is 0 Å². The van der Waals surface area contributed by atoms with Crippen molar-refractivity contribution in [3.63, 3.8) is 0 Å². The topological polar surface area (TPSA) is 27.6 Å². The molecule has 0 saturated carbocycles. The lowest BCUT2D eigenvalue weighted by Gasteiger charge is -2.48. The van der Waals surface area contributed by atoms with Gasteiger partial charge in [-0.25, -0.2) is 4.99 Å². The molecule has 1 spiro atoms. The number of nitrogens with zero attached hydrogens (tertiary/aromatic N) is 2. The first-order chi connectivity index (χ1) is 14.3. The van der Waals surface area contributed by atoms with Crippen molar-refractivity contribution in [3.8, 4) is 0 Å². The fraction of sp³-hybridized carbons (Fsp3) is 0.269. The van der Waals surface area contributed by atoms with Crippen LogP contribution in [0.25, 0.3) is 5.57 Å². The molecule has 3 aliphatic heterocycles. The maximum Gasteiger partial charge on any atom is 0.0755 e. The molecule has 2 aromatic rings. The fourth-order valence-corrected chi connectivity index (χ4v) is 5.32. The molecule has 0 atom stereocenters. The normalized spacial score (nSPS) is 21.8. The molecule has 0 aromatic heterocycles. The Kier molecular flexibility index (Phi) is 3.85. The molecule has 29 heavy (non-hydrogen) atoms. The van der Waals surface area contributed by atoms with E-state index in [1.807, 2.05) is 0 Å². The van der Waals surface area contributed by atoms with Crippen LogP contribution in [-0.4, -0.2) is 23.5 Å². The van der Waals surface area contributed by atoms with Crippen LogP contribution in [0.15, 0.2) is 94.8 Å². The summed E-state index contributed by atoms with van der Waals surface area (Å²) in [6.45, 7) is 3.23. The fourth-order valence-electron chi connectivity index (χ4n) is 5.32. The second-order valence-electron chi connectivity index (χ2n) is 8.51. The molecule has 4 aliphatic rings. The van der Waals surface area contributed by atoms with Crippen molar-refractivity contribution in [1.29, 1.82) is 0 Å². The van der Waals surface area contributed by atoms with Gasteiger partial charge >= 0.3 is 0 Å². The molecule has 3 heterocycles. The smallest absolute Gasteiger partial charge is 0.0755 e. The number of allylic oxidation sites excluding steroid dienone is 4. The lowest BCUT2D eigenvalue weighted by Crippen LogP contribution is -2.57. The monoisotopic (exact) mass is 379 g/mol. The lowest BCUT2D eigenvalue weighted by molar-refractivity contribution is 0.166. The molecule has 0 unspecified atom stereocenters. The summed E-state index contributed by atoms with van der Waals surface area (Å²) in [5.41, 5.74) is 6.69. The number of benzene rings is 2. The summed E-state index contributed by atoms with van der Waals surface area (Å²) in [6.07, 6.45) is 9.83. The minimum absolute atomic E-state index is 0.0147. The van der Waals surface area contributed by atoms with Gasteiger partial charge in [-0.05, 0) is 37.0 Å². The average molecular weight is 380 g/mol. The van der Waals surface area contributed by atoms with Gasteiger partial charge in [0, 0.05) is 41.7 Å². The van der Waals surface area contributed by atoms with E-state index in [0.29, 0.717) is 0 Å². The summed E-state index contributed by atoms with van der Waals surface area (Å²) in [5, 5.41) is 6.46. The zero-order chi connectivity index (χ0) is 19.3. The predicted molar refractivity (Wildman–Crippen MR) is 116 cm³/mol. The van der Waals surface area contributed by atoms with Crippen LogP contribution in [0.5, 0.6) is 0 Å². The molecule has 144 valence electrons. The zero-order valence-corrected chi connectivity index (χ0v) is 16.6. The predicted octanol–water partition coefficient (Wildman–Crippen LogP) is 3.21. The standard InChI is InChI=1S/C26H25N3/c1-2-8-19(9-3-1)18-29-16-14-26(15-17-29)24-20-10-4-6-12-22(20)27-25(24)21-11-5-7-13-23(21)28-26/h1-10,12-13,28H,11,14-18H2. The van der Waals surface area contributed by atoms with Crippen LogP contribution < -0.4 is 15.9 Å². The quantitative estimate of drug-likeness (QED) is 0.868. The SMILES string of the molecule is C1=CCC2=C3N=c4ccccc4=C3C3(CCN(Cc4ccccc4)CC3)NC2=C1. The van der Waals surface area contributed by atoms with E-state index in [1.54, 1.807) is 0 Å². The lowest BCUT2D eigenvalue weighted by atomic mass is 9.73. The molecule has 0 bridgehead atoms. The van der Waals surface area contributed by atoms with Gasteiger partial charge in [0.15, 0.2) is 0 Å². The number of rotatable bonds is 2. The van der Waals surface area contributed by atoms with Crippen LogP contribution in [0.1, 0.15) is 24.8 Å².